The highest BCUT2D eigenvalue weighted by Crippen LogP contribution is 2.24. The zero-order chi connectivity index (χ0) is 13.0. The first kappa shape index (κ1) is 13.1. The summed E-state index contributed by atoms with van der Waals surface area (Å²) in [4.78, 5) is 4.19. The van der Waals surface area contributed by atoms with Gasteiger partial charge >= 0.3 is 0 Å². The standard InChI is InChI=1S/C14H14BrNO2/c1-2-18-12-5-3-4-10(8-12)14(17)13-7-6-11(15)9-16-13/h3-9,14,17H,2H2,1H3. The van der Waals surface area contributed by atoms with Gasteiger partial charge in [-0.05, 0) is 52.7 Å². The van der Waals surface area contributed by atoms with Crippen LogP contribution >= 0.6 is 15.9 Å². The van der Waals surface area contributed by atoms with Gasteiger partial charge in [-0.2, -0.15) is 0 Å². The molecule has 18 heavy (non-hydrogen) atoms. The minimum Gasteiger partial charge on any atom is -0.494 e. The molecular weight excluding hydrogens is 294 g/mol. The number of hydrogen-bond acceptors (Lipinski definition) is 3. The second kappa shape index (κ2) is 5.98. The van der Waals surface area contributed by atoms with Crippen LogP contribution in [0.4, 0.5) is 0 Å². The molecule has 0 aliphatic rings. The predicted molar refractivity (Wildman–Crippen MR) is 73.6 cm³/mol. The Morgan fingerprint density at radius 3 is 2.83 bits per heavy atom. The highest BCUT2D eigenvalue weighted by molar-refractivity contribution is 9.10. The van der Waals surface area contributed by atoms with Gasteiger partial charge in [0.15, 0.2) is 0 Å². The maximum atomic E-state index is 10.2. The third-order valence-corrected chi connectivity index (χ3v) is 2.98. The van der Waals surface area contributed by atoms with Crippen LogP contribution in [0.5, 0.6) is 5.75 Å². The van der Waals surface area contributed by atoms with Crippen LogP contribution in [0, 0.1) is 0 Å². The van der Waals surface area contributed by atoms with E-state index in [9.17, 15) is 5.11 Å². The van der Waals surface area contributed by atoms with Crippen LogP contribution in [0.25, 0.3) is 0 Å². The molecule has 1 N–H and O–H groups in total. The summed E-state index contributed by atoms with van der Waals surface area (Å²) in [5.74, 6) is 0.756. The molecule has 1 atom stereocenters. The fraction of sp³-hybridized carbons (Fsp3) is 0.214. The number of aliphatic hydroxyl groups excluding tert-OH is 1. The van der Waals surface area contributed by atoms with Crippen LogP contribution in [0.15, 0.2) is 47.1 Å². The molecule has 1 aromatic heterocycles. The van der Waals surface area contributed by atoms with Crippen LogP contribution in [0.1, 0.15) is 24.3 Å². The van der Waals surface area contributed by atoms with Gasteiger partial charge in [0.05, 0.1) is 12.3 Å². The number of rotatable bonds is 4. The lowest BCUT2D eigenvalue weighted by Gasteiger charge is -2.12. The predicted octanol–water partition coefficient (Wildman–Crippen LogP) is 3.32. The molecule has 0 aliphatic carbocycles. The molecule has 0 fully saturated rings. The Hall–Kier alpha value is -1.39. The number of aliphatic hydroxyl groups is 1. The molecule has 0 aliphatic heterocycles. The van der Waals surface area contributed by atoms with Crippen molar-refractivity contribution in [3.63, 3.8) is 0 Å². The number of aromatic nitrogens is 1. The fourth-order valence-electron chi connectivity index (χ4n) is 1.66. The average molecular weight is 308 g/mol. The second-order valence-corrected chi connectivity index (χ2v) is 4.72. The Morgan fingerprint density at radius 1 is 1.33 bits per heavy atom. The fourth-order valence-corrected chi connectivity index (χ4v) is 1.90. The number of nitrogens with zero attached hydrogens (tertiary/aromatic N) is 1. The Balaban J connectivity index is 2.24. The van der Waals surface area contributed by atoms with Crippen molar-refractivity contribution < 1.29 is 9.84 Å². The van der Waals surface area contributed by atoms with E-state index in [1.165, 1.54) is 0 Å². The third-order valence-electron chi connectivity index (χ3n) is 2.52. The van der Waals surface area contributed by atoms with Crippen molar-refractivity contribution in [1.29, 1.82) is 0 Å². The van der Waals surface area contributed by atoms with Gasteiger partial charge in [-0.15, -0.1) is 0 Å². The van der Waals surface area contributed by atoms with E-state index < -0.39 is 6.10 Å². The molecule has 0 amide bonds. The van der Waals surface area contributed by atoms with E-state index in [0.29, 0.717) is 12.3 Å². The summed E-state index contributed by atoms with van der Waals surface area (Å²) in [6.45, 7) is 2.54. The lowest BCUT2D eigenvalue weighted by molar-refractivity contribution is 0.214. The molecule has 1 aromatic carbocycles. The van der Waals surface area contributed by atoms with E-state index >= 15 is 0 Å². The van der Waals surface area contributed by atoms with Gasteiger partial charge in [0.2, 0.25) is 0 Å². The zero-order valence-corrected chi connectivity index (χ0v) is 11.6. The van der Waals surface area contributed by atoms with E-state index in [1.54, 1.807) is 12.3 Å². The lowest BCUT2D eigenvalue weighted by atomic mass is 10.1. The zero-order valence-electron chi connectivity index (χ0n) is 10.0. The van der Waals surface area contributed by atoms with Crippen molar-refractivity contribution >= 4 is 15.9 Å². The van der Waals surface area contributed by atoms with Gasteiger partial charge in [0.1, 0.15) is 11.9 Å². The van der Waals surface area contributed by atoms with E-state index in [-0.39, 0.29) is 0 Å². The van der Waals surface area contributed by atoms with Gasteiger partial charge in [-0.3, -0.25) is 4.98 Å². The molecule has 0 radical (unpaired) electrons. The molecule has 0 spiro atoms. The summed E-state index contributed by atoms with van der Waals surface area (Å²) in [5, 5.41) is 10.2. The maximum Gasteiger partial charge on any atom is 0.121 e. The number of pyridine rings is 1. The van der Waals surface area contributed by atoms with Crippen LogP contribution in [0.3, 0.4) is 0 Å². The summed E-state index contributed by atoms with van der Waals surface area (Å²) in [5.41, 5.74) is 1.39. The van der Waals surface area contributed by atoms with Crippen molar-refractivity contribution in [3.05, 3.63) is 58.3 Å². The molecule has 1 unspecified atom stereocenters. The quantitative estimate of drug-likeness (QED) is 0.942. The van der Waals surface area contributed by atoms with Crippen molar-refractivity contribution in [2.45, 2.75) is 13.0 Å². The molecule has 1 heterocycles. The van der Waals surface area contributed by atoms with Gasteiger partial charge in [-0.25, -0.2) is 0 Å². The van der Waals surface area contributed by atoms with Gasteiger partial charge in [-0.1, -0.05) is 12.1 Å². The number of benzene rings is 1. The van der Waals surface area contributed by atoms with Gasteiger partial charge in [0, 0.05) is 10.7 Å². The Kier molecular flexibility index (Phi) is 4.33. The normalized spacial score (nSPS) is 12.2. The summed E-state index contributed by atoms with van der Waals surface area (Å²) >= 11 is 3.32. The molecule has 0 saturated heterocycles. The molecule has 0 bridgehead atoms. The average Bonchev–Trinajstić information content (AvgIpc) is 2.39. The topological polar surface area (TPSA) is 42.4 Å². The van der Waals surface area contributed by atoms with Crippen LogP contribution in [-0.2, 0) is 0 Å². The minimum atomic E-state index is -0.737. The maximum absolute atomic E-state index is 10.2. The molecule has 94 valence electrons. The first-order valence-electron chi connectivity index (χ1n) is 5.73. The summed E-state index contributed by atoms with van der Waals surface area (Å²) in [7, 11) is 0. The van der Waals surface area contributed by atoms with E-state index in [0.717, 1.165) is 15.8 Å². The Labute approximate surface area is 115 Å². The molecule has 2 rings (SSSR count). The highest BCUT2D eigenvalue weighted by Gasteiger charge is 2.12. The van der Waals surface area contributed by atoms with E-state index in [2.05, 4.69) is 20.9 Å². The van der Waals surface area contributed by atoms with Crippen molar-refractivity contribution in [2.24, 2.45) is 0 Å². The van der Waals surface area contributed by atoms with Gasteiger partial charge < -0.3 is 9.84 Å². The first-order valence-corrected chi connectivity index (χ1v) is 6.52. The summed E-state index contributed by atoms with van der Waals surface area (Å²) in [6, 6.07) is 11.1. The summed E-state index contributed by atoms with van der Waals surface area (Å²) < 4.78 is 6.30. The molecular formula is C14H14BrNO2. The highest BCUT2D eigenvalue weighted by atomic mass is 79.9. The number of ether oxygens (including phenoxy) is 1. The smallest absolute Gasteiger partial charge is 0.121 e. The first-order chi connectivity index (χ1) is 8.70. The molecule has 2 aromatic rings. The lowest BCUT2D eigenvalue weighted by Crippen LogP contribution is -2.02. The SMILES string of the molecule is CCOc1cccc(C(O)c2ccc(Br)cn2)c1. The number of hydrogen-bond donors (Lipinski definition) is 1. The van der Waals surface area contributed by atoms with E-state index in [1.807, 2.05) is 37.3 Å². The van der Waals surface area contributed by atoms with Crippen molar-refractivity contribution in [3.8, 4) is 5.75 Å². The minimum absolute atomic E-state index is 0.607. The Morgan fingerprint density at radius 2 is 2.17 bits per heavy atom. The largest absolute Gasteiger partial charge is 0.494 e. The third kappa shape index (κ3) is 3.09. The van der Waals surface area contributed by atoms with Crippen molar-refractivity contribution in [2.75, 3.05) is 6.61 Å². The van der Waals surface area contributed by atoms with Crippen LogP contribution in [-0.4, -0.2) is 16.7 Å². The van der Waals surface area contributed by atoms with E-state index in [4.69, 9.17) is 4.74 Å². The monoisotopic (exact) mass is 307 g/mol. The molecule has 0 saturated carbocycles. The molecule has 4 heteroatoms. The summed E-state index contributed by atoms with van der Waals surface area (Å²) in [6.07, 6.45) is 0.934. The van der Waals surface area contributed by atoms with Crippen LogP contribution < -0.4 is 4.74 Å². The van der Waals surface area contributed by atoms with Crippen LogP contribution in [0.2, 0.25) is 0 Å². The molecule has 3 nitrogen and oxygen atoms in total. The Bertz CT molecular complexity index is 513. The second-order valence-electron chi connectivity index (χ2n) is 3.81. The number of halogens is 1. The van der Waals surface area contributed by atoms with Crippen molar-refractivity contribution in [1.82, 2.24) is 4.98 Å². The van der Waals surface area contributed by atoms with Gasteiger partial charge in [0.25, 0.3) is 0 Å².